The van der Waals surface area contributed by atoms with Gasteiger partial charge in [0.25, 0.3) is 0 Å². The molecule has 1 aromatic carbocycles. The summed E-state index contributed by atoms with van der Waals surface area (Å²) in [5, 5.41) is 7.84. The minimum atomic E-state index is 0.645. The highest BCUT2D eigenvalue weighted by Crippen LogP contribution is 2.31. The molecule has 3 nitrogen and oxygen atoms in total. The van der Waals surface area contributed by atoms with E-state index in [0.29, 0.717) is 10.0 Å². The van der Waals surface area contributed by atoms with Crippen LogP contribution < -0.4 is 10.6 Å². The molecular formula is C15H17Cl2N3. The van der Waals surface area contributed by atoms with E-state index in [-0.39, 0.29) is 0 Å². The van der Waals surface area contributed by atoms with Gasteiger partial charge in [-0.25, -0.2) is 4.98 Å². The number of halogens is 2. The SMILES string of the molecule is CCCNc1cc(Nc2cc(Cl)c(C)cc2Cl)ccn1. The molecule has 0 bridgehead atoms. The summed E-state index contributed by atoms with van der Waals surface area (Å²) in [6.07, 6.45) is 2.81. The molecule has 20 heavy (non-hydrogen) atoms. The summed E-state index contributed by atoms with van der Waals surface area (Å²) in [6, 6.07) is 7.52. The molecule has 0 unspecified atom stereocenters. The van der Waals surface area contributed by atoms with Gasteiger partial charge >= 0.3 is 0 Å². The van der Waals surface area contributed by atoms with Crippen molar-refractivity contribution in [1.82, 2.24) is 4.98 Å². The Labute approximate surface area is 129 Å². The Bertz CT molecular complexity index is 600. The highest BCUT2D eigenvalue weighted by molar-refractivity contribution is 6.35. The van der Waals surface area contributed by atoms with Gasteiger partial charge < -0.3 is 10.6 Å². The number of nitrogens with zero attached hydrogens (tertiary/aromatic N) is 1. The van der Waals surface area contributed by atoms with E-state index in [1.807, 2.05) is 31.2 Å². The Balaban J connectivity index is 2.19. The van der Waals surface area contributed by atoms with Crippen LogP contribution in [0.1, 0.15) is 18.9 Å². The predicted molar refractivity (Wildman–Crippen MR) is 87.5 cm³/mol. The third-order valence-electron chi connectivity index (χ3n) is 2.84. The minimum absolute atomic E-state index is 0.645. The zero-order valence-electron chi connectivity index (χ0n) is 11.5. The monoisotopic (exact) mass is 309 g/mol. The van der Waals surface area contributed by atoms with Crippen molar-refractivity contribution in [2.24, 2.45) is 0 Å². The lowest BCUT2D eigenvalue weighted by molar-refractivity contribution is 0.969. The van der Waals surface area contributed by atoms with Gasteiger partial charge in [0, 0.05) is 29.5 Å². The van der Waals surface area contributed by atoms with Crippen molar-refractivity contribution in [1.29, 1.82) is 0 Å². The third-order valence-corrected chi connectivity index (χ3v) is 3.56. The summed E-state index contributed by atoms with van der Waals surface area (Å²) in [5.74, 6) is 0.839. The standard InChI is InChI=1S/C15H17Cl2N3/c1-3-5-18-15-8-11(4-6-19-15)20-14-9-12(16)10(2)7-13(14)17/h4,6-9H,3,5H2,1-2H3,(H2,18,19,20). The molecule has 0 aliphatic carbocycles. The normalized spacial score (nSPS) is 10.4. The first-order valence-corrected chi connectivity index (χ1v) is 7.28. The van der Waals surface area contributed by atoms with Crippen LogP contribution in [0.4, 0.5) is 17.2 Å². The molecule has 1 aromatic heterocycles. The molecule has 0 aliphatic rings. The van der Waals surface area contributed by atoms with Crippen molar-refractivity contribution >= 4 is 40.4 Å². The number of nitrogens with one attached hydrogen (secondary N) is 2. The Hall–Kier alpha value is -1.45. The van der Waals surface area contributed by atoms with E-state index >= 15 is 0 Å². The highest BCUT2D eigenvalue weighted by Gasteiger charge is 2.05. The van der Waals surface area contributed by atoms with Crippen LogP contribution in [0.15, 0.2) is 30.5 Å². The summed E-state index contributed by atoms with van der Waals surface area (Å²) in [7, 11) is 0. The lowest BCUT2D eigenvalue weighted by atomic mass is 10.2. The fourth-order valence-corrected chi connectivity index (χ4v) is 2.18. The molecule has 0 atom stereocenters. The molecule has 2 rings (SSSR count). The zero-order chi connectivity index (χ0) is 14.5. The summed E-state index contributed by atoms with van der Waals surface area (Å²) >= 11 is 12.4. The second-order valence-corrected chi connectivity index (χ2v) is 5.38. The molecule has 0 saturated carbocycles. The molecule has 0 fully saturated rings. The van der Waals surface area contributed by atoms with Crippen LogP contribution in [0.3, 0.4) is 0 Å². The molecule has 0 saturated heterocycles. The maximum absolute atomic E-state index is 6.22. The van der Waals surface area contributed by atoms with Gasteiger partial charge in [0.1, 0.15) is 5.82 Å². The van der Waals surface area contributed by atoms with Crippen molar-refractivity contribution in [3.05, 3.63) is 46.1 Å². The van der Waals surface area contributed by atoms with Crippen LogP contribution >= 0.6 is 23.2 Å². The Morgan fingerprint density at radius 3 is 2.70 bits per heavy atom. The maximum Gasteiger partial charge on any atom is 0.127 e. The number of hydrogen-bond acceptors (Lipinski definition) is 3. The molecule has 106 valence electrons. The zero-order valence-corrected chi connectivity index (χ0v) is 13.0. The van der Waals surface area contributed by atoms with Gasteiger partial charge in [-0.3, -0.25) is 0 Å². The quantitative estimate of drug-likeness (QED) is 0.790. The molecule has 0 spiro atoms. The van der Waals surface area contributed by atoms with E-state index in [1.54, 1.807) is 6.20 Å². The fraction of sp³-hybridized carbons (Fsp3) is 0.267. The first-order chi connectivity index (χ1) is 9.60. The van der Waals surface area contributed by atoms with Crippen molar-refractivity contribution in [2.45, 2.75) is 20.3 Å². The second-order valence-electron chi connectivity index (χ2n) is 4.56. The van der Waals surface area contributed by atoms with Crippen LogP contribution in [0.5, 0.6) is 0 Å². The number of pyridine rings is 1. The van der Waals surface area contributed by atoms with Gasteiger partial charge in [0.15, 0.2) is 0 Å². The van der Waals surface area contributed by atoms with E-state index in [9.17, 15) is 0 Å². The smallest absolute Gasteiger partial charge is 0.127 e. The lowest BCUT2D eigenvalue weighted by Gasteiger charge is -2.11. The van der Waals surface area contributed by atoms with Gasteiger partial charge in [-0.05, 0) is 37.1 Å². The van der Waals surface area contributed by atoms with Crippen molar-refractivity contribution < 1.29 is 0 Å². The Morgan fingerprint density at radius 1 is 1.15 bits per heavy atom. The molecule has 0 aliphatic heterocycles. The van der Waals surface area contributed by atoms with Crippen LogP contribution in [-0.4, -0.2) is 11.5 Å². The Morgan fingerprint density at radius 2 is 1.95 bits per heavy atom. The summed E-state index contributed by atoms with van der Waals surface area (Å²) in [6.45, 7) is 4.94. The summed E-state index contributed by atoms with van der Waals surface area (Å²) in [5.41, 5.74) is 2.66. The number of hydrogen-bond donors (Lipinski definition) is 2. The molecule has 5 heteroatoms. The van der Waals surface area contributed by atoms with Gasteiger partial charge in [-0.1, -0.05) is 30.1 Å². The number of rotatable bonds is 5. The van der Waals surface area contributed by atoms with Crippen LogP contribution in [0, 0.1) is 6.92 Å². The third kappa shape index (κ3) is 3.78. The first kappa shape index (κ1) is 14.9. The van der Waals surface area contributed by atoms with Gasteiger partial charge in [-0.15, -0.1) is 0 Å². The predicted octanol–water partition coefficient (Wildman–Crippen LogP) is 5.26. The molecule has 1 heterocycles. The van der Waals surface area contributed by atoms with Gasteiger partial charge in [-0.2, -0.15) is 0 Å². The largest absolute Gasteiger partial charge is 0.370 e. The van der Waals surface area contributed by atoms with Crippen molar-refractivity contribution in [3.8, 4) is 0 Å². The van der Waals surface area contributed by atoms with Gasteiger partial charge in [0.2, 0.25) is 0 Å². The van der Waals surface area contributed by atoms with Crippen LogP contribution in [-0.2, 0) is 0 Å². The van der Waals surface area contributed by atoms with E-state index in [4.69, 9.17) is 23.2 Å². The second kappa shape index (κ2) is 6.82. The van der Waals surface area contributed by atoms with Crippen LogP contribution in [0.25, 0.3) is 0 Å². The Kier molecular flexibility index (Phi) is 5.10. The molecule has 0 amide bonds. The number of benzene rings is 1. The highest BCUT2D eigenvalue weighted by atomic mass is 35.5. The van der Waals surface area contributed by atoms with Crippen LogP contribution in [0.2, 0.25) is 10.0 Å². The van der Waals surface area contributed by atoms with Crippen molar-refractivity contribution in [2.75, 3.05) is 17.2 Å². The molecule has 0 radical (unpaired) electrons. The van der Waals surface area contributed by atoms with E-state index < -0.39 is 0 Å². The van der Waals surface area contributed by atoms with E-state index in [2.05, 4.69) is 22.5 Å². The summed E-state index contributed by atoms with van der Waals surface area (Å²) in [4.78, 5) is 4.26. The number of aromatic nitrogens is 1. The molecule has 2 N–H and O–H groups in total. The average Bonchev–Trinajstić information content (AvgIpc) is 2.43. The van der Waals surface area contributed by atoms with E-state index in [0.717, 1.165) is 35.7 Å². The van der Waals surface area contributed by atoms with Gasteiger partial charge in [0.05, 0.1) is 10.7 Å². The lowest BCUT2D eigenvalue weighted by Crippen LogP contribution is -2.02. The van der Waals surface area contributed by atoms with Crippen molar-refractivity contribution in [3.63, 3.8) is 0 Å². The molecule has 2 aromatic rings. The first-order valence-electron chi connectivity index (χ1n) is 6.52. The average molecular weight is 310 g/mol. The summed E-state index contributed by atoms with van der Waals surface area (Å²) < 4.78 is 0. The number of aryl methyl sites for hydroxylation is 1. The topological polar surface area (TPSA) is 37.0 Å². The number of anilines is 3. The minimum Gasteiger partial charge on any atom is -0.370 e. The molecular weight excluding hydrogens is 293 g/mol. The fourth-order valence-electron chi connectivity index (χ4n) is 1.76. The maximum atomic E-state index is 6.22. The van der Waals surface area contributed by atoms with E-state index in [1.165, 1.54) is 0 Å².